The molecule has 0 aliphatic carbocycles. The molecule has 0 radical (unpaired) electrons. The molecule has 0 bridgehead atoms. The zero-order valence-corrected chi connectivity index (χ0v) is 7.05. The van der Waals surface area contributed by atoms with Crippen molar-refractivity contribution >= 4 is 11.8 Å². The van der Waals surface area contributed by atoms with E-state index in [9.17, 15) is 0 Å². The van der Waals surface area contributed by atoms with Gasteiger partial charge in [-0.2, -0.15) is 11.8 Å². The molecule has 11 heavy (non-hydrogen) atoms. The van der Waals surface area contributed by atoms with Gasteiger partial charge in [-0.3, -0.25) is 9.97 Å². The number of aromatic nitrogens is 2. The van der Waals surface area contributed by atoms with Crippen LogP contribution in [0.15, 0.2) is 18.6 Å². The van der Waals surface area contributed by atoms with Gasteiger partial charge in [-0.1, -0.05) is 0 Å². The SMILES string of the molecule is c1cnc(C2CCCS2)cn1. The normalized spacial score (nSPS) is 23.8. The lowest BCUT2D eigenvalue weighted by Gasteiger charge is -2.04. The Morgan fingerprint density at radius 2 is 2.45 bits per heavy atom. The van der Waals surface area contributed by atoms with Gasteiger partial charge in [0, 0.05) is 23.8 Å². The van der Waals surface area contributed by atoms with Crippen molar-refractivity contribution in [2.24, 2.45) is 0 Å². The molecule has 2 rings (SSSR count). The van der Waals surface area contributed by atoms with Crippen molar-refractivity contribution in [3.8, 4) is 0 Å². The maximum absolute atomic E-state index is 4.28. The van der Waals surface area contributed by atoms with Gasteiger partial charge in [-0.25, -0.2) is 0 Å². The van der Waals surface area contributed by atoms with Crippen molar-refractivity contribution in [1.29, 1.82) is 0 Å². The van der Waals surface area contributed by atoms with Gasteiger partial charge in [0.1, 0.15) is 0 Å². The smallest absolute Gasteiger partial charge is 0.0716 e. The Hall–Kier alpha value is -0.570. The summed E-state index contributed by atoms with van der Waals surface area (Å²) in [6, 6.07) is 0. The fraction of sp³-hybridized carbons (Fsp3) is 0.500. The Labute approximate surface area is 70.4 Å². The van der Waals surface area contributed by atoms with Crippen molar-refractivity contribution < 1.29 is 0 Å². The summed E-state index contributed by atoms with van der Waals surface area (Å²) in [7, 11) is 0. The summed E-state index contributed by atoms with van der Waals surface area (Å²) >= 11 is 1.99. The first-order chi connectivity index (χ1) is 5.47. The van der Waals surface area contributed by atoms with Crippen LogP contribution in [0.2, 0.25) is 0 Å². The number of hydrogen-bond acceptors (Lipinski definition) is 3. The molecule has 0 saturated carbocycles. The van der Waals surface area contributed by atoms with Crippen LogP contribution in [0.5, 0.6) is 0 Å². The van der Waals surface area contributed by atoms with Gasteiger partial charge in [-0.15, -0.1) is 0 Å². The van der Waals surface area contributed by atoms with E-state index in [1.54, 1.807) is 12.4 Å². The second kappa shape index (κ2) is 3.22. The summed E-state index contributed by atoms with van der Waals surface area (Å²) in [5.74, 6) is 1.28. The van der Waals surface area contributed by atoms with Gasteiger partial charge in [0.05, 0.1) is 5.69 Å². The average molecular weight is 166 g/mol. The van der Waals surface area contributed by atoms with Crippen molar-refractivity contribution in [1.82, 2.24) is 9.97 Å². The molecule has 58 valence electrons. The summed E-state index contributed by atoms with van der Waals surface area (Å²) in [5, 5.41) is 0.615. The Balaban J connectivity index is 2.16. The average Bonchev–Trinajstić information content (AvgIpc) is 2.58. The van der Waals surface area contributed by atoms with Gasteiger partial charge in [0.2, 0.25) is 0 Å². The predicted octanol–water partition coefficient (Wildman–Crippen LogP) is 2.04. The van der Waals surface area contributed by atoms with Crippen molar-refractivity contribution in [3.05, 3.63) is 24.3 Å². The van der Waals surface area contributed by atoms with Crippen molar-refractivity contribution in [3.63, 3.8) is 0 Å². The van der Waals surface area contributed by atoms with E-state index in [1.165, 1.54) is 18.6 Å². The Morgan fingerprint density at radius 3 is 3.09 bits per heavy atom. The zero-order chi connectivity index (χ0) is 7.52. The van der Waals surface area contributed by atoms with Crippen LogP contribution in [-0.2, 0) is 0 Å². The van der Waals surface area contributed by atoms with Crippen LogP contribution in [0.25, 0.3) is 0 Å². The maximum Gasteiger partial charge on any atom is 0.0716 e. The van der Waals surface area contributed by atoms with E-state index in [2.05, 4.69) is 9.97 Å². The maximum atomic E-state index is 4.28. The first-order valence-corrected chi connectivity index (χ1v) is 4.89. The topological polar surface area (TPSA) is 25.8 Å². The second-order valence-corrected chi connectivity index (χ2v) is 3.94. The molecule has 1 aliphatic rings. The van der Waals surface area contributed by atoms with Crippen LogP contribution >= 0.6 is 11.8 Å². The first kappa shape index (κ1) is 7.10. The molecule has 1 unspecified atom stereocenters. The van der Waals surface area contributed by atoms with Crippen LogP contribution in [0.4, 0.5) is 0 Å². The number of hydrogen-bond donors (Lipinski definition) is 0. The van der Waals surface area contributed by atoms with Gasteiger partial charge in [0.25, 0.3) is 0 Å². The van der Waals surface area contributed by atoms with Crippen molar-refractivity contribution in [2.45, 2.75) is 18.1 Å². The zero-order valence-electron chi connectivity index (χ0n) is 6.23. The van der Waals surface area contributed by atoms with Crippen LogP contribution in [0.3, 0.4) is 0 Å². The standard InChI is InChI=1S/C8H10N2S/c1-2-8(11-5-1)7-6-9-3-4-10-7/h3-4,6,8H,1-2,5H2. The van der Waals surface area contributed by atoms with E-state index in [4.69, 9.17) is 0 Å². The van der Waals surface area contributed by atoms with Crippen molar-refractivity contribution in [2.75, 3.05) is 5.75 Å². The summed E-state index contributed by atoms with van der Waals surface area (Å²) in [4.78, 5) is 8.33. The summed E-state index contributed by atoms with van der Waals surface area (Å²) in [6.07, 6.45) is 7.97. The Morgan fingerprint density at radius 1 is 1.45 bits per heavy atom. The third-order valence-corrected chi connectivity index (χ3v) is 3.25. The molecule has 1 aromatic rings. The molecular formula is C8H10N2S. The molecule has 3 heteroatoms. The summed E-state index contributed by atoms with van der Waals surface area (Å²) in [5.41, 5.74) is 1.15. The Bertz CT molecular complexity index is 219. The first-order valence-electron chi connectivity index (χ1n) is 3.84. The molecule has 2 heterocycles. The van der Waals surface area contributed by atoms with E-state index in [-0.39, 0.29) is 0 Å². The fourth-order valence-corrected chi connectivity index (χ4v) is 2.53. The highest BCUT2D eigenvalue weighted by Gasteiger charge is 2.18. The monoisotopic (exact) mass is 166 g/mol. The van der Waals surface area contributed by atoms with Crippen LogP contribution < -0.4 is 0 Å². The molecule has 1 atom stereocenters. The van der Waals surface area contributed by atoms with E-state index >= 15 is 0 Å². The highest BCUT2D eigenvalue weighted by atomic mass is 32.2. The molecule has 1 fully saturated rings. The molecule has 0 N–H and O–H groups in total. The number of rotatable bonds is 1. The van der Waals surface area contributed by atoms with Crippen LogP contribution in [0, 0.1) is 0 Å². The predicted molar refractivity (Wildman–Crippen MR) is 46.5 cm³/mol. The molecule has 0 aromatic carbocycles. The molecule has 1 saturated heterocycles. The quantitative estimate of drug-likeness (QED) is 0.638. The summed E-state index contributed by atoms with van der Waals surface area (Å²) < 4.78 is 0. The minimum absolute atomic E-state index is 0.615. The molecule has 1 aromatic heterocycles. The Kier molecular flexibility index (Phi) is 2.08. The third-order valence-electron chi connectivity index (χ3n) is 1.84. The molecule has 2 nitrogen and oxygen atoms in total. The van der Waals surface area contributed by atoms with Crippen LogP contribution in [0.1, 0.15) is 23.8 Å². The van der Waals surface area contributed by atoms with Gasteiger partial charge in [0.15, 0.2) is 0 Å². The summed E-state index contributed by atoms with van der Waals surface area (Å²) in [6.45, 7) is 0. The lowest BCUT2D eigenvalue weighted by Crippen LogP contribution is -1.92. The lowest BCUT2D eigenvalue weighted by molar-refractivity contribution is 0.801. The van der Waals surface area contributed by atoms with Gasteiger partial charge >= 0.3 is 0 Å². The van der Waals surface area contributed by atoms with Gasteiger partial charge < -0.3 is 0 Å². The van der Waals surface area contributed by atoms with Gasteiger partial charge in [-0.05, 0) is 18.6 Å². The molecule has 0 spiro atoms. The third kappa shape index (κ3) is 1.53. The fourth-order valence-electron chi connectivity index (χ4n) is 1.29. The molecule has 0 amide bonds. The molecular weight excluding hydrogens is 156 g/mol. The van der Waals surface area contributed by atoms with Crippen LogP contribution in [-0.4, -0.2) is 15.7 Å². The van der Waals surface area contributed by atoms with E-state index < -0.39 is 0 Å². The van der Waals surface area contributed by atoms with E-state index in [0.717, 1.165) is 5.69 Å². The minimum atomic E-state index is 0.615. The second-order valence-electron chi connectivity index (χ2n) is 2.63. The lowest BCUT2D eigenvalue weighted by atomic mass is 10.2. The highest BCUT2D eigenvalue weighted by Crippen LogP contribution is 2.38. The highest BCUT2D eigenvalue weighted by molar-refractivity contribution is 7.99. The minimum Gasteiger partial charge on any atom is -0.261 e. The van der Waals surface area contributed by atoms with E-state index in [0.29, 0.717) is 5.25 Å². The number of nitrogens with zero attached hydrogens (tertiary/aromatic N) is 2. The number of thioether (sulfide) groups is 1. The van der Waals surface area contributed by atoms with E-state index in [1.807, 2.05) is 18.0 Å². The largest absolute Gasteiger partial charge is 0.261 e. The molecule has 1 aliphatic heterocycles.